The van der Waals surface area contributed by atoms with E-state index < -0.39 is 50.2 Å². The Morgan fingerprint density at radius 3 is 2.65 bits per heavy atom. The molecule has 1 aliphatic carbocycles. The number of nitrogens with one attached hydrogen (secondary N) is 1. The molecule has 0 spiro atoms. The number of esters is 1. The molecule has 1 unspecified atom stereocenters. The summed E-state index contributed by atoms with van der Waals surface area (Å²) in [5.41, 5.74) is 4.38. The highest BCUT2D eigenvalue weighted by Crippen LogP contribution is 2.51. The van der Waals surface area contributed by atoms with Crippen LogP contribution in [0.25, 0.3) is 11.2 Å². The number of hydrogen-bond acceptors (Lipinski definition) is 13. The number of nitrogen functional groups attached to an aromatic ring is 1. The largest absolute Gasteiger partial charge is 0.476 e. The number of fused-ring (bicyclic) bond motifs is 1. The van der Waals surface area contributed by atoms with Gasteiger partial charge in [-0.15, -0.1) is 0 Å². The quantitative estimate of drug-likeness (QED) is 0.153. The summed E-state index contributed by atoms with van der Waals surface area (Å²) in [5.74, 6) is -3.90. The maximum Gasteiger partial charge on any atom is 0.406 e. The van der Waals surface area contributed by atoms with Crippen molar-refractivity contribution in [2.45, 2.75) is 95.4 Å². The summed E-state index contributed by atoms with van der Waals surface area (Å²) in [4.78, 5) is 25.2. The lowest BCUT2D eigenvalue weighted by atomic mass is 9.95. The second-order valence-corrected chi connectivity index (χ2v) is 13.4. The lowest BCUT2D eigenvalue weighted by Gasteiger charge is -2.29. The van der Waals surface area contributed by atoms with Gasteiger partial charge in [0.15, 0.2) is 17.4 Å². The number of anilines is 1. The summed E-state index contributed by atoms with van der Waals surface area (Å²) in [7, 11) is -4.49. The van der Waals surface area contributed by atoms with Gasteiger partial charge < -0.3 is 30.2 Å². The summed E-state index contributed by atoms with van der Waals surface area (Å²) in [5, 5.41) is 24.8. The summed E-state index contributed by atoms with van der Waals surface area (Å²) in [6, 6.07) is 7.56. The molecule has 3 aromatic rings. The van der Waals surface area contributed by atoms with Gasteiger partial charge in [-0.1, -0.05) is 36.8 Å². The second-order valence-electron chi connectivity index (χ2n) is 11.6. The van der Waals surface area contributed by atoms with Crippen LogP contribution in [-0.2, 0) is 34.5 Å². The monoisotopic (exact) mass is 666 g/mol. The fourth-order valence-electron chi connectivity index (χ4n) is 5.47. The number of halogens is 1. The molecule has 1 aliphatic heterocycles. The number of rotatable bonds is 13. The fraction of sp³-hybridized carbons (Fsp3) is 0.586. The van der Waals surface area contributed by atoms with Crippen LogP contribution < -0.4 is 15.6 Å². The van der Waals surface area contributed by atoms with Crippen molar-refractivity contribution in [2.75, 3.05) is 18.9 Å². The van der Waals surface area contributed by atoms with Crippen molar-refractivity contribution in [3.63, 3.8) is 0 Å². The molecule has 1 aromatic carbocycles. The molecule has 6 atom stereocenters. The van der Waals surface area contributed by atoms with Crippen molar-refractivity contribution in [3.8, 4) is 5.88 Å². The first kappa shape index (κ1) is 34.1. The van der Waals surface area contributed by atoms with Crippen molar-refractivity contribution in [1.29, 1.82) is 0 Å². The van der Waals surface area contributed by atoms with Crippen LogP contribution in [0.4, 0.5) is 10.3 Å². The minimum absolute atomic E-state index is 0.0439. The van der Waals surface area contributed by atoms with Crippen molar-refractivity contribution in [1.82, 2.24) is 24.6 Å². The minimum Gasteiger partial charge on any atom is -0.476 e. The number of alkyl halides is 1. The molecule has 2 aliphatic rings. The van der Waals surface area contributed by atoms with E-state index in [1.165, 1.54) is 17.8 Å². The normalized spacial score (nSPS) is 27.3. The highest BCUT2D eigenvalue weighted by Gasteiger charge is 2.64. The zero-order chi connectivity index (χ0) is 33.1. The zero-order valence-corrected chi connectivity index (χ0v) is 26.8. The molecule has 17 heteroatoms. The van der Waals surface area contributed by atoms with E-state index in [0.29, 0.717) is 5.56 Å². The van der Waals surface area contributed by atoms with E-state index in [1.807, 2.05) is 0 Å². The van der Waals surface area contributed by atoms with E-state index in [4.69, 9.17) is 29.0 Å². The third kappa shape index (κ3) is 7.33. The summed E-state index contributed by atoms with van der Waals surface area (Å²) < 4.78 is 59.4. The van der Waals surface area contributed by atoms with E-state index in [2.05, 4.69) is 20.0 Å². The van der Waals surface area contributed by atoms with Crippen LogP contribution >= 0.6 is 7.75 Å². The number of aliphatic hydroxyl groups excluding tert-OH is 1. The fourth-order valence-corrected chi connectivity index (χ4v) is 6.93. The van der Waals surface area contributed by atoms with Gasteiger partial charge >= 0.3 is 13.7 Å². The molecular formula is C29H40FN6O9P. The smallest absolute Gasteiger partial charge is 0.406 e. The Kier molecular flexibility index (Phi) is 10.3. The number of hydrogen-bond donors (Lipinski definition) is 4. The third-order valence-corrected chi connectivity index (χ3v) is 9.57. The van der Waals surface area contributed by atoms with Gasteiger partial charge in [-0.3, -0.25) is 18.4 Å². The third-order valence-electron chi connectivity index (χ3n) is 7.93. The van der Waals surface area contributed by atoms with Gasteiger partial charge in [-0.25, -0.2) is 19.0 Å². The van der Waals surface area contributed by atoms with E-state index in [-0.39, 0.29) is 42.3 Å². The highest BCUT2D eigenvalue weighted by atomic mass is 31.2. The number of carbonyl (C=O) groups is 1. The molecular weight excluding hydrogens is 626 g/mol. The second kappa shape index (κ2) is 13.9. The Balaban J connectivity index is 1.35. The van der Waals surface area contributed by atoms with Gasteiger partial charge in [0.25, 0.3) is 5.85 Å². The van der Waals surface area contributed by atoms with Crippen LogP contribution in [-0.4, -0.2) is 78.6 Å². The predicted octanol–water partition coefficient (Wildman–Crippen LogP) is 3.31. The van der Waals surface area contributed by atoms with Gasteiger partial charge in [0.1, 0.15) is 30.5 Å². The number of carbonyl (C=O) groups excluding carboxylic acids is 1. The van der Waals surface area contributed by atoms with Crippen LogP contribution in [0.1, 0.15) is 64.7 Å². The summed E-state index contributed by atoms with van der Waals surface area (Å²) in [6.07, 6.45) is 1.54. The molecule has 0 bridgehead atoms. The highest BCUT2D eigenvalue weighted by molar-refractivity contribution is 7.51. The van der Waals surface area contributed by atoms with Crippen LogP contribution in [0.15, 0.2) is 36.7 Å². The topological polar surface area (TPSA) is 202 Å². The van der Waals surface area contributed by atoms with E-state index in [0.717, 1.165) is 39.0 Å². The predicted molar refractivity (Wildman–Crippen MR) is 162 cm³/mol. The van der Waals surface area contributed by atoms with Crippen LogP contribution in [0.3, 0.4) is 0 Å². The Hall–Kier alpha value is -3.24. The molecule has 1 saturated heterocycles. The Morgan fingerprint density at radius 2 is 1.96 bits per heavy atom. The van der Waals surface area contributed by atoms with Crippen molar-refractivity contribution in [2.24, 2.45) is 0 Å². The average molecular weight is 667 g/mol. The molecule has 5 rings (SSSR count). The maximum absolute atomic E-state index is 16.5. The standard InChI is InChI=1S/C29H40FN6O9P/c1-4-41-23-21-22(33-27(31)34-23)36(17-32-21)26-28(3,39)25(38)29(30,45-26)16-43-46(40,42-15-19-11-7-5-8-12-19)35-18(2)24(37)44-20-13-9-6-10-14-20/h5,7-8,11-12,17-18,20,25-26,38-39H,4,6,9-10,13-16H2,1-3H3,(H,35,40)(H2,31,33,34)/t18-,25-,26+,28+,29+,46?/m0/s1. The van der Waals surface area contributed by atoms with Crippen molar-refractivity contribution in [3.05, 3.63) is 42.2 Å². The minimum atomic E-state index is -4.49. The number of aromatic nitrogens is 4. The lowest BCUT2D eigenvalue weighted by molar-refractivity contribution is -0.203. The van der Waals surface area contributed by atoms with E-state index >= 15 is 4.39 Å². The zero-order valence-electron chi connectivity index (χ0n) is 25.9. The first-order valence-electron chi connectivity index (χ1n) is 15.2. The van der Waals surface area contributed by atoms with Gasteiger partial charge in [0.05, 0.1) is 19.5 Å². The Bertz CT molecular complexity index is 1560. The number of imidazole rings is 1. The molecule has 46 heavy (non-hydrogen) atoms. The SMILES string of the molecule is CCOc1nc(N)nc2c1ncn2[C@@H]1O[C@](F)(COP(=O)(N[C@@H](C)C(=O)OC2CCCCC2)OCc2ccccc2)[C@@H](O)[C@@]1(C)O. The number of nitrogens with two attached hydrogens (primary N) is 1. The first-order valence-corrected chi connectivity index (χ1v) is 16.7. The summed E-state index contributed by atoms with van der Waals surface area (Å²) >= 11 is 0. The number of nitrogens with zero attached hydrogens (tertiary/aromatic N) is 4. The number of ether oxygens (including phenoxy) is 3. The van der Waals surface area contributed by atoms with Crippen LogP contribution in [0, 0.1) is 0 Å². The first-order chi connectivity index (χ1) is 21.8. The Labute approximate surface area is 265 Å². The van der Waals surface area contributed by atoms with Gasteiger partial charge in [0.2, 0.25) is 11.8 Å². The molecule has 0 amide bonds. The number of benzene rings is 1. The Morgan fingerprint density at radius 1 is 1.24 bits per heavy atom. The maximum atomic E-state index is 16.5. The van der Waals surface area contributed by atoms with Gasteiger partial charge in [-0.05, 0) is 52.0 Å². The lowest BCUT2D eigenvalue weighted by Crippen LogP contribution is -2.49. The molecule has 15 nitrogen and oxygen atoms in total. The number of aliphatic hydroxyl groups is 2. The molecule has 5 N–H and O–H groups in total. The van der Waals surface area contributed by atoms with E-state index in [1.54, 1.807) is 37.3 Å². The molecule has 3 heterocycles. The van der Waals surface area contributed by atoms with Gasteiger partial charge in [0, 0.05) is 0 Å². The molecule has 0 radical (unpaired) electrons. The molecule has 252 valence electrons. The van der Waals surface area contributed by atoms with Gasteiger partial charge in [-0.2, -0.15) is 9.97 Å². The van der Waals surface area contributed by atoms with E-state index in [9.17, 15) is 19.6 Å². The van der Waals surface area contributed by atoms with Crippen LogP contribution in [0.2, 0.25) is 0 Å². The van der Waals surface area contributed by atoms with Crippen molar-refractivity contribution >= 4 is 30.8 Å². The summed E-state index contributed by atoms with van der Waals surface area (Å²) in [6.45, 7) is 3.17. The molecule has 1 saturated carbocycles. The molecule has 2 aromatic heterocycles. The molecule has 2 fully saturated rings. The average Bonchev–Trinajstić information content (AvgIpc) is 3.52. The van der Waals surface area contributed by atoms with Crippen molar-refractivity contribution < 1.29 is 47.2 Å². The van der Waals surface area contributed by atoms with Crippen LogP contribution in [0.5, 0.6) is 5.88 Å².